The number of rotatable bonds is 7. The van der Waals surface area contributed by atoms with Crippen molar-refractivity contribution < 1.29 is 23.9 Å². The van der Waals surface area contributed by atoms with E-state index in [1.54, 1.807) is 0 Å². The van der Waals surface area contributed by atoms with Crippen molar-refractivity contribution in [2.24, 2.45) is 0 Å². The Morgan fingerprint density at radius 1 is 1.33 bits per heavy atom. The van der Waals surface area contributed by atoms with E-state index in [0.29, 0.717) is 0 Å². The van der Waals surface area contributed by atoms with Gasteiger partial charge in [0.05, 0.1) is 6.54 Å². The molecule has 9 heteroatoms. The molecule has 3 N–H and O–H groups in total. The van der Waals surface area contributed by atoms with E-state index in [2.05, 4.69) is 15.4 Å². The molecule has 1 unspecified atom stereocenters. The minimum atomic E-state index is -0.800. The number of amides is 3. The zero-order chi connectivity index (χ0) is 13.3. The van der Waals surface area contributed by atoms with E-state index >= 15 is 0 Å². The average Bonchev–Trinajstić information content (AvgIpc) is 2.25. The van der Waals surface area contributed by atoms with Gasteiger partial charge in [0.2, 0.25) is 11.8 Å². The molecule has 0 bridgehead atoms. The van der Waals surface area contributed by atoms with E-state index in [4.69, 9.17) is 0 Å². The predicted molar refractivity (Wildman–Crippen MR) is 56.1 cm³/mol. The topological polar surface area (TPSA) is 114 Å². The smallest absolute Gasteiger partial charge is 0.304 e. The fourth-order valence-corrected chi connectivity index (χ4v) is 0.836. The minimum absolute atomic E-state index is 0. The van der Waals surface area contributed by atoms with Crippen LogP contribution in [0, 0.1) is 0 Å². The fraction of sp³-hybridized carbons (Fsp3) is 0.556. The molecule has 8 nitrogen and oxygen atoms in total. The van der Waals surface area contributed by atoms with Crippen LogP contribution in [0.15, 0.2) is 0 Å². The van der Waals surface area contributed by atoms with Crippen LogP contribution in [0.25, 0.3) is 0 Å². The number of hydrogen-bond donors (Lipinski definition) is 3. The van der Waals surface area contributed by atoms with Gasteiger partial charge in [-0.15, -0.1) is 0 Å². The minimum Gasteiger partial charge on any atom is -0.522 e. The van der Waals surface area contributed by atoms with Crippen LogP contribution < -0.4 is 16.0 Å². The van der Waals surface area contributed by atoms with E-state index in [1.807, 2.05) is 5.32 Å². The summed E-state index contributed by atoms with van der Waals surface area (Å²) in [5.41, 5.74) is 0. The first-order chi connectivity index (χ1) is 7.97. The van der Waals surface area contributed by atoms with Gasteiger partial charge < -0.3 is 25.5 Å². The first kappa shape index (κ1) is 17.3. The van der Waals surface area contributed by atoms with Crippen molar-refractivity contribution >= 4 is 24.2 Å². The molecule has 0 fully saturated rings. The summed E-state index contributed by atoms with van der Waals surface area (Å²) in [6.07, 6.45) is 1.33. The molecule has 0 radical (unpaired) electrons. The van der Waals surface area contributed by atoms with Crippen LogP contribution in [0.5, 0.6) is 0 Å². The maximum atomic E-state index is 11.3. The largest absolute Gasteiger partial charge is 0.522 e. The van der Waals surface area contributed by atoms with Gasteiger partial charge in [0.15, 0.2) is 6.73 Å². The number of carbonyl (C=O) groups excluding carboxylic acids is 4. The third-order valence-electron chi connectivity index (χ3n) is 1.61. The molecular formula is C9H14FmN3O5-. The summed E-state index contributed by atoms with van der Waals surface area (Å²) in [6, 6.07) is -0.800. The number of ether oxygens (including phenoxy) is 1. The molecule has 0 aliphatic heterocycles. The zero-order valence-corrected chi connectivity index (χ0v) is 12.2. The zero-order valence-electron chi connectivity index (χ0n) is 9.82. The van der Waals surface area contributed by atoms with Gasteiger partial charge in [-0.2, -0.15) is 6.41 Å². The molecule has 0 aromatic carbocycles. The van der Waals surface area contributed by atoms with Gasteiger partial charge in [0, 0.05) is 6.92 Å². The Hall–Kier alpha value is -3.12. The van der Waals surface area contributed by atoms with E-state index in [9.17, 15) is 19.2 Å². The Labute approximate surface area is 98.1 Å². The third-order valence-corrected chi connectivity index (χ3v) is 1.61. The van der Waals surface area contributed by atoms with Crippen LogP contribution in [-0.2, 0) is 23.9 Å². The van der Waals surface area contributed by atoms with Crippen LogP contribution in [0.3, 0.4) is 0 Å². The van der Waals surface area contributed by atoms with Crippen molar-refractivity contribution in [2.45, 2.75) is 19.9 Å². The molecule has 0 spiro atoms. The molecule has 3 amide bonds. The monoisotopic (exact) mass is 501 g/mol. The van der Waals surface area contributed by atoms with Gasteiger partial charge in [-0.3, -0.25) is 14.4 Å². The molecule has 108 valence electrons. The van der Waals surface area contributed by atoms with E-state index < -0.39 is 23.8 Å². The molecule has 0 aliphatic rings. The van der Waals surface area contributed by atoms with Crippen molar-refractivity contribution in [3.63, 3.8) is 0 Å². The Balaban J connectivity index is 0. The number of nitrogens with one attached hydrogen (secondary N) is 3. The molecule has 0 rings (SSSR count). The predicted octanol–water partition coefficient (Wildman–Crippen LogP) is -2.22. The molecule has 0 aliphatic carbocycles. The summed E-state index contributed by atoms with van der Waals surface area (Å²) < 4.78 is 4.49. The van der Waals surface area contributed by atoms with Crippen LogP contribution in [0.1, 0.15) is 13.8 Å². The van der Waals surface area contributed by atoms with Crippen LogP contribution in [0.4, 0.5) is 0 Å². The SMILES string of the molecule is CC(=O)OCNC(=O)C(C)NC(=O)CN[C-]=O.[Fm]. The Bertz CT molecular complexity index is 311. The number of hydrogen-bond acceptors (Lipinski definition) is 5. The normalized spacial score (nSPS) is 10.3. The summed E-state index contributed by atoms with van der Waals surface area (Å²) in [6.45, 7) is 2.14. The van der Waals surface area contributed by atoms with Gasteiger partial charge in [0.1, 0.15) is 6.04 Å². The molecule has 18 heavy (non-hydrogen) atoms. The van der Waals surface area contributed by atoms with E-state index in [1.165, 1.54) is 20.3 Å². The second-order valence-corrected chi connectivity index (χ2v) is 3.07. The van der Waals surface area contributed by atoms with Crippen LogP contribution >= 0.6 is 0 Å². The van der Waals surface area contributed by atoms with Gasteiger partial charge >= 0.3 is 5.97 Å². The second-order valence-electron chi connectivity index (χ2n) is 3.07. The molecule has 0 saturated carbocycles. The summed E-state index contributed by atoms with van der Waals surface area (Å²) in [5, 5.41) is 6.63. The van der Waals surface area contributed by atoms with Crippen molar-refractivity contribution in [3.8, 4) is 0 Å². The van der Waals surface area contributed by atoms with E-state index in [0.717, 1.165) is 0 Å². The molecule has 0 saturated heterocycles. The molecule has 0 heterocycles. The Morgan fingerprint density at radius 2 is 1.94 bits per heavy atom. The Morgan fingerprint density at radius 3 is 2.44 bits per heavy atom. The molecule has 0 aromatic heterocycles. The maximum Gasteiger partial charge on any atom is 0.304 e. The van der Waals surface area contributed by atoms with Crippen molar-refractivity contribution in [3.05, 3.63) is 0 Å². The first-order valence-electron chi connectivity index (χ1n) is 4.77. The maximum absolute atomic E-state index is 11.3. The van der Waals surface area contributed by atoms with E-state index in [-0.39, 0.29) is 13.3 Å². The standard InChI is InChI=1S/C9H14N3O5.Fm/c1-6(12-8(15)3-10-4-13)9(16)11-5-17-7(2)14;/h6H,3,5H2,1-2H3,(H,10,13)(H,11,16)(H,12,15);/q-1;. The van der Waals surface area contributed by atoms with Gasteiger partial charge in [0.25, 0.3) is 0 Å². The summed E-state index contributed by atoms with van der Waals surface area (Å²) in [7, 11) is 0. The quantitative estimate of drug-likeness (QED) is 0.159. The van der Waals surface area contributed by atoms with Crippen molar-refractivity contribution in [1.29, 1.82) is 0 Å². The van der Waals surface area contributed by atoms with Crippen molar-refractivity contribution in [2.75, 3.05) is 13.3 Å². The Kier molecular flexibility index (Phi) is 8.77. The number of esters is 1. The van der Waals surface area contributed by atoms with Gasteiger partial charge in [-0.05, 0) is 6.92 Å². The summed E-state index contributed by atoms with van der Waals surface area (Å²) in [4.78, 5) is 42.6. The summed E-state index contributed by atoms with van der Waals surface area (Å²) in [5.74, 6) is -1.55. The third kappa shape index (κ3) is 8.21. The molecule has 0 aromatic rings. The summed E-state index contributed by atoms with van der Waals surface area (Å²) >= 11 is 0. The number of carbonyl (C=O) groups is 3. The average molecular weight is 501 g/mol. The van der Waals surface area contributed by atoms with Crippen molar-refractivity contribution in [1.82, 2.24) is 16.0 Å². The first-order valence-corrected chi connectivity index (χ1v) is 4.77. The van der Waals surface area contributed by atoms with Crippen LogP contribution in [0.2, 0.25) is 0 Å². The second kappa shape index (κ2) is 9.13. The molecular weight excluding hydrogens is 487 g/mol. The molecule has 1 atom stereocenters. The van der Waals surface area contributed by atoms with Gasteiger partial charge in [-0.1, -0.05) is 0 Å². The van der Waals surface area contributed by atoms with Gasteiger partial charge in [-0.25, -0.2) is 0 Å². The van der Waals surface area contributed by atoms with Crippen LogP contribution in [-0.4, -0.2) is 43.5 Å². The fourth-order valence-electron chi connectivity index (χ4n) is 0.836.